The fourth-order valence-corrected chi connectivity index (χ4v) is 1.70. The molecule has 0 atom stereocenters. The van der Waals surface area contributed by atoms with Crippen molar-refractivity contribution in [1.29, 1.82) is 0 Å². The average molecular weight is 225 g/mol. The highest BCUT2D eigenvalue weighted by atomic mass is 16.3. The molecule has 0 unspecified atom stereocenters. The van der Waals surface area contributed by atoms with Gasteiger partial charge in [0.2, 0.25) is 5.91 Å². The zero-order valence-electron chi connectivity index (χ0n) is 10.1. The Labute approximate surface area is 95.5 Å². The van der Waals surface area contributed by atoms with Crippen LogP contribution in [0.1, 0.15) is 23.4 Å². The van der Waals surface area contributed by atoms with E-state index in [-0.39, 0.29) is 12.5 Å². The van der Waals surface area contributed by atoms with E-state index in [1.54, 1.807) is 0 Å². The lowest BCUT2D eigenvalue weighted by Crippen LogP contribution is -2.26. The van der Waals surface area contributed by atoms with Gasteiger partial charge in [0.1, 0.15) is 0 Å². The molecular weight excluding hydrogens is 206 g/mol. The van der Waals surface area contributed by atoms with Crippen LogP contribution in [0, 0.1) is 13.8 Å². The molecule has 0 aliphatic rings. The number of carbonyl (C=O) groups is 1. The molecule has 5 heteroatoms. The third-order valence-electron chi connectivity index (χ3n) is 2.69. The molecule has 2 N–H and O–H groups in total. The predicted octanol–water partition coefficient (Wildman–Crippen LogP) is 0.0780. The molecule has 5 nitrogen and oxygen atoms in total. The first-order valence-electron chi connectivity index (χ1n) is 5.43. The number of hydrogen-bond acceptors (Lipinski definition) is 3. The van der Waals surface area contributed by atoms with Gasteiger partial charge in [-0.05, 0) is 25.8 Å². The summed E-state index contributed by atoms with van der Waals surface area (Å²) >= 11 is 0. The maximum atomic E-state index is 11.4. The van der Waals surface area contributed by atoms with E-state index in [9.17, 15) is 4.79 Å². The lowest BCUT2D eigenvalue weighted by Gasteiger charge is -2.03. The van der Waals surface area contributed by atoms with Crippen molar-refractivity contribution < 1.29 is 9.90 Å². The number of hydrogen-bond donors (Lipinski definition) is 2. The minimum Gasteiger partial charge on any atom is -0.395 e. The van der Waals surface area contributed by atoms with Crippen molar-refractivity contribution in [3.8, 4) is 0 Å². The van der Waals surface area contributed by atoms with Gasteiger partial charge in [-0.25, -0.2) is 0 Å². The average Bonchev–Trinajstić information content (AvgIpc) is 2.48. The molecule has 0 spiro atoms. The van der Waals surface area contributed by atoms with Gasteiger partial charge in [-0.1, -0.05) is 0 Å². The van der Waals surface area contributed by atoms with Gasteiger partial charge in [0.15, 0.2) is 0 Å². The van der Waals surface area contributed by atoms with Gasteiger partial charge in [-0.2, -0.15) is 5.10 Å². The van der Waals surface area contributed by atoms with Crippen LogP contribution in [0.25, 0.3) is 0 Å². The van der Waals surface area contributed by atoms with Crippen LogP contribution in [0.5, 0.6) is 0 Å². The summed E-state index contributed by atoms with van der Waals surface area (Å²) in [6.45, 7) is 4.26. The molecule has 0 aliphatic heterocycles. The Bertz CT molecular complexity index is 372. The summed E-state index contributed by atoms with van der Waals surface area (Å²) in [7, 11) is 1.90. The monoisotopic (exact) mass is 225 g/mol. The molecule has 1 rings (SSSR count). The van der Waals surface area contributed by atoms with E-state index in [0.29, 0.717) is 19.4 Å². The first kappa shape index (κ1) is 12.7. The Hall–Kier alpha value is -1.36. The van der Waals surface area contributed by atoms with Crippen LogP contribution in [0.2, 0.25) is 0 Å². The number of carbonyl (C=O) groups excluding carboxylic acids is 1. The van der Waals surface area contributed by atoms with E-state index in [2.05, 4.69) is 10.4 Å². The lowest BCUT2D eigenvalue weighted by atomic mass is 10.1. The Morgan fingerprint density at radius 1 is 1.50 bits per heavy atom. The number of aryl methyl sites for hydroxylation is 2. The van der Waals surface area contributed by atoms with Crippen LogP contribution in [0.4, 0.5) is 0 Å². The van der Waals surface area contributed by atoms with Crippen LogP contribution in [0.15, 0.2) is 0 Å². The zero-order valence-corrected chi connectivity index (χ0v) is 10.1. The van der Waals surface area contributed by atoms with Crippen LogP contribution < -0.4 is 5.32 Å². The van der Waals surface area contributed by atoms with E-state index in [1.165, 1.54) is 0 Å². The summed E-state index contributed by atoms with van der Waals surface area (Å²) in [5, 5.41) is 15.5. The van der Waals surface area contributed by atoms with E-state index < -0.39 is 0 Å². The topological polar surface area (TPSA) is 67.2 Å². The summed E-state index contributed by atoms with van der Waals surface area (Å²) in [5.41, 5.74) is 3.23. The smallest absolute Gasteiger partial charge is 0.220 e. The van der Waals surface area contributed by atoms with E-state index in [1.807, 2.05) is 25.6 Å². The standard InChI is InChI=1S/C11H19N3O2/c1-8-10(9(2)14(3)13-8)4-5-11(16)12-6-7-15/h15H,4-7H2,1-3H3,(H,12,16). The Kier molecular flexibility index (Phi) is 4.49. The molecule has 0 bridgehead atoms. The van der Waals surface area contributed by atoms with Crippen molar-refractivity contribution in [3.63, 3.8) is 0 Å². The Morgan fingerprint density at radius 2 is 2.19 bits per heavy atom. The van der Waals surface area contributed by atoms with Crippen molar-refractivity contribution in [2.24, 2.45) is 7.05 Å². The second-order valence-corrected chi connectivity index (χ2v) is 3.85. The highest BCUT2D eigenvalue weighted by Crippen LogP contribution is 2.13. The molecule has 0 aliphatic carbocycles. The van der Waals surface area contributed by atoms with Crippen molar-refractivity contribution in [2.75, 3.05) is 13.2 Å². The third-order valence-corrected chi connectivity index (χ3v) is 2.69. The number of aliphatic hydroxyl groups excluding tert-OH is 1. The summed E-state index contributed by atoms with van der Waals surface area (Å²) in [5.74, 6) is -0.0308. The molecule has 1 aromatic heterocycles. The summed E-state index contributed by atoms with van der Waals surface area (Å²) in [4.78, 5) is 11.4. The second kappa shape index (κ2) is 5.65. The van der Waals surface area contributed by atoms with Crippen molar-refractivity contribution >= 4 is 5.91 Å². The van der Waals surface area contributed by atoms with Crippen molar-refractivity contribution in [1.82, 2.24) is 15.1 Å². The van der Waals surface area contributed by atoms with Crippen molar-refractivity contribution in [2.45, 2.75) is 26.7 Å². The van der Waals surface area contributed by atoms with Gasteiger partial charge in [-0.3, -0.25) is 9.48 Å². The molecule has 0 saturated heterocycles. The van der Waals surface area contributed by atoms with E-state index >= 15 is 0 Å². The number of rotatable bonds is 5. The highest BCUT2D eigenvalue weighted by molar-refractivity contribution is 5.76. The van der Waals surface area contributed by atoms with Crippen LogP contribution in [-0.2, 0) is 18.3 Å². The van der Waals surface area contributed by atoms with Gasteiger partial charge in [0.25, 0.3) is 0 Å². The quantitative estimate of drug-likeness (QED) is 0.745. The summed E-state index contributed by atoms with van der Waals surface area (Å²) < 4.78 is 1.83. The molecule has 1 amide bonds. The van der Waals surface area contributed by atoms with Gasteiger partial charge in [-0.15, -0.1) is 0 Å². The van der Waals surface area contributed by atoms with Crippen molar-refractivity contribution in [3.05, 3.63) is 17.0 Å². The van der Waals surface area contributed by atoms with E-state index in [0.717, 1.165) is 17.0 Å². The number of amides is 1. The maximum absolute atomic E-state index is 11.4. The summed E-state index contributed by atoms with van der Waals surface area (Å²) in [6.07, 6.45) is 1.14. The minimum absolute atomic E-state index is 0.0172. The fourth-order valence-electron chi connectivity index (χ4n) is 1.70. The number of nitrogens with zero attached hydrogens (tertiary/aromatic N) is 2. The summed E-state index contributed by atoms with van der Waals surface area (Å²) in [6, 6.07) is 0. The SMILES string of the molecule is Cc1nn(C)c(C)c1CCC(=O)NCCO. The second-order valence-electron chi connectivity index (χ2n) is 3.85. The van der Waals surface area contributed by atoms with Crippen LogP contribution >= 0.6 is 0 Å². The number of aliphatic hydroxyl groups is 1. The number of nitrogens with one attached hydrogen (secondary N) is 1. The third kappa shape index (κ3) is 3.06. The predicted molar refractivity (Wildman–Crippen MR) is 61.1 cm³/mol. The maximum Gasteiger partial charge on any atom is 0.220 e. The van der Waals surface area contributed by atoms with Gasteiger partial charge >= 0.3 is 0 Å². The molecule has 0 saturated carbocycles. The molecular formula is C11H19N3O2. The van der Waals surface area contributed by atoms with Gasteiger partial charge in [0, 0.05) is 25.7 Å². The molecule has 0 fully saturated rings. The van der Waals surface area contributed by atoms with Gasteiger partial charge in [0.05, 0.1) is 12.3 Å². The number of aromatic nitrogens is 2. The molecule has 16 heavy (non-hydrogen) atoms. The normalized spacial score (nSPS) is 10.5. The first-order valence-corrected chi connectivity index (χ1v) is 5.43. The van der Waals surface area contributed by atoms with Gasteiger partial charge < -0.3 is 10.4 Å². The molecule has 0 aromatic carbocycles. The molecule has 1 heterocycles. The zero-order chi connectivity index (χ0) is 12.1. The molecule has 0 radical (unpaired) electrons. The fraction of sp³-hybridized carbons (Fsp3) is 0.636. The Morgan fingerprint density at radius 3 is 2.69 bits per heavy atom. The van der Waals surface area contributed by atoms with Crippen LogP contribution in [0.3, 0.4) is 0 Å². The minimum atomic E-state index is -0.0308. The molecule has 90 valence electrons. The van der Waals surface area contributed by atoms with Crippen LogP contribution in [-0.4, -0.2) is 33.9 Å². The highest BCUT2D eigenvalue weighted by Gasteiger charge is 2.10. The largest absolute Gasteiger partial charge is 0.395 e. The first-order chi connectivity index (χ1) is 7.56. The molecule has 1 aromatic rings. The van der Waals surface area contributed by atoms with E-state index in [4.69, 9.17) is 5.11 Å². The lowest BCUT2D eigenvalue weighted by molar-refractivity contribution is -0.121. The Balaban J connectivity index is 2.51.